The molecule has 1 amide bonds. The minimum Gasteiger partial charge on any atom is -0.478 e. The van der Waals surface area contributed by atoms with Crippen LogP contribution in [0.3, 0.4) is 0 Å². The lowest BCUT2D eigenvalue weighted by molar-refractivity contribution is -0.112. The summed E-state index contributed by atoms with van der Waals surface area (Å²) in [5, 5.41) is 12.8. The zero-order chi connectivity index (χ0) is 21.1. The molecule has 2 aromatic carbocycles. The summed E-state index contributed by atoms with van der Waals surface area (Å²) < 4.78 is 0. The fraction of sp³-hybridized carbons (Fsp3) is 0.0435. The molecule has 30 heavy (non-hydrogen) atoms. The van der Waals surface area contributed by atoms with E-state index in [4.69, 9.17) is 0 Å². The number of carboxylic acid groups (broad SMARTS) is 1. The second-order valence-electron chi connectivity index (χ2n) is 6.73. The second kappa shape index (κ2) is 8.00. The van der Waals surface area contributed by atoms with Crippen molar-refractivity contribution in [3.05, 3.63) is 83.8 Å². The Morgan fingerprint density at radius 1 is 1.07 bits per heavy atom. The number of aromatic carboxylic acids is 1. The Balaban J connectivity index is 1.65. The number of rotatable bonds is 5. The van der Waals surface area contributed by atoms with Crippen LogP contribution in [0.2, 0.25) is 0 Å². The first-order valence-corrected chi connectivity index (χ1v) is 9.23. The van der Waals surface area contributed by atoms with E-state index in [0.717, 1.165) is 5.56 Å². The maximum atomic E-state index is 12.6. The Morgan fingerprint density at radius 3 is 2.63 bits per heavy atom. The number of aromatic amines is 1. The van der Waals surface area contributed by atoms with E-state index in [9.17, 15) is 14.7 Å². The van der Waals surface area contributed by atoms with E-state index >= 15 is 0 Å². The number of hydrogen-bond donors (Lipinski definition) is 3. The number of benzene rings is 2. The highest BCUT2D eigenvalue weighted by molar-refractivity contribution is 6.08. The molecular weight excluding hydrogens is 380 g/mol. The van der Waals surface area contributed by atoms with Gasteiger partial charge < -0.3 is 15.4 Å². The van der Waals surface area contributed by atoms with Gasteiger partial charge in [0.15, 0.2) is 0 Å². The van der Waals surface area contributed by atoms with E-state index < -0.39 is 5.97 Å². The Kier molecular flexibility index (Phi) is 5.09. The number of carbonyl (C=O) groups is 2. The molecule has 4 aromatic rings. The van der Waals surface area contributed by atoms with E-state index in [0.29, 0.717) is 33.6 Å². The first-order chi connectivity index (χ1) is 14.5. The van der Waals surface area contributed by atoms with Gasteiger partial charge in [0.2, 0.25) is 0 Å². The maximum absolute atomic E-state index is 12.6. The molecule has 7 heteroatoms. The van der Waals surface area contributed by atoms with Gasteiger partial charge in [-0.1, -0.05) is 42.5 Å². The summed E-state index contributed by atoms with van der Waals surface area (Å²) in [6.45, 7) is 1.75. The van der Waals surface area contributed by atoms with E-state index in [1.165, 1.54) is 12.5 Å². The number of carboxylic acids is 1. The molecule has 2 aromatic heterocycles. The third-order valence-corrected chi connectivity index (χ3v) is 4.64. The molecule has 0 saturated carbocycles. The van der Waals surface area contributed by atoms with Gasteiger partial charge in [-0.2, -0.15) is 0 Å². The van der Waals surface area contributed by atoms with Gasteiger partial charge in [-0.3, -0.25) is 4.79 Å². The summed E-state index contributed by atoms with van der Waals surface area (Å²) in [6, 6.07) is 16.7. The Labute approximate surface area is 172 Å². The summed E-state index contributed by atoms with van der Waals surface area (Å²) >= 11 is 0. The lowest BCUT2D eigenvalue weighted by Gasteiger charge is -2.09. The topological polar surface area (TPSA) is 108 Å². The van der Waals surface area contributed by atoms with E-state index in [-0.39, 0.29) is 11.5 Å². The first kappa shape index (κ1) is 19.1. The molecule has 3 N–H and O–H groups in total. The molecule has 0 spiro atoms. The van der Waals surface area contributed by atoms with Crippen LogP contribution in [-0.2, 0) is 4.79 Å². The summed E-state index contributed by atoms with van der Waals surface area (Å²) in [5.41, 5.74) is 3.77. The second-order valence-corrected chi connectivity index (χ2v) is 6.73. The standard InChI is InChI=1S/C23H18N4O3/c1-14(10-15-6-3-2-4-7-15)22(28)27-17-9-5-8-16(11-17)20-19-18(23(29)30)12-24-21(19)26-13-25-20/h2-13H,1H3,(H,27,28)(H,29,30)(H,24,25,26)/b14-10+. The molecule has 0 unspecified atom stereocenters. The fourth-order valence-corrected chi connectivity index (χ4v) is 3.19. The van der Waals surface area contributed by atoms with Crippen LogP contribution in [0.15, 0.2) is 72.7 Å². The Bertz CT molecular complexity index is 1280. The molecule has 0 aliphatic carbocycles. The average Bonchev–Trinajstić information content (AvgIpc) is 3.19. The summed E-state index contributed by atoms with van der Waals surface area (Å²) in [5.74, 6) is -1.29. The van der Waals surface area contributed by atoms with Crippen molar-refractivity contribution in [3.63, 3.8) is 0 Å². The van der Waals surface area contributed by atoms with Crippen LogP contribution in [-0.4, -0.2) is 31.9 Å². The van der Waals surface area contributed by atoms with Crippen LogP contribution < -0.4 is 5.32 Å². The van der Waals surface area contributed by atoms with Gasteiger partial charge in [-0.25, -0.2) is 14.8 Å². The monoisotopic (exact) mass is 398 g/mol. The lowest BCUT2D eigenvalue weighted by Crippen LogP contribution is -2.12. The first-order valence-electron chi connectivity index (χ1n) is 9.23. The lowest BCUT2D eigenvalue weighted by atomic mass is 10.1. The molecular formula is C23H18N4O3. The molecule has 4 rings (SSSR count). The van der Waals surface area contributed by atoms with Crippen LogP contribution in [0, 0.1) is 0 Å². The number of amides is 1. The minimum absolute atomic E-state index is 0.0941. The Hall–Kier alpha value is -4.26. The van der Waals surface area contributed by atoms with Gasteiger partial charge in [0, 0.05) is 23.0 Å². The average molecular weight is 398 g/mol. The molecule has 0 aliphatic rings. The van der Waals surface area contributed by atoms with Crippen LogP contribution in [0.5, 0.6) is 0 Å². The fourth-order valence-electron chi connectivity index (χ4n) is 3.19. The van der Waals surface area contributed by atoms with Crippen LogP contribution in [0.4, 0.5) is 5.69 Å². The van der Waals surface area contributed by atoms with Crippen molar-refractivity contribution in [2.75, 3.05) is 5.32 Å². The highest BCUT2D eigenvalue weighted by Crippen LogP contribution is 2.29. The van der Waals surface area contributed by atoms with Gasteiger partial charge in [0.05, 0.1) is 16.6 Å². The van der Waals surface area contributed by atoms with Gasteiger partial charge >= 0.3 is 5.97 Å². The number of aromatic nitrogens is 3. The van der Waals surface area contributed by atoms with E-state index in [1.54, 1.807) is 25.1 Å². The summed E-state index contributed by atoms with van der Waals surface area (Å²) in [6.07, 6.45) is 4.58. The predicted molar refractivity (Wildman–Crippen MR) is 115 cm³/mol. The number of nitrogens with zero attached hydrogens (tertiary/aromatic N) is 2. The minimum atomic E-state index is -1.07. The Morgan fingerprint density at radius 2 is 1.87 bits per heavy atom. The van der Waals surface area contributed by atoms with Crippen molar-refractivity contribution in [1.29, 1.82) is 0 Å². The van der Waals surface area contributed by atoms with Crippen molar-refractivity contribution in [2.45, 2.75) is 6.92 Å². The molecule has 0 bridgehead atoms. The van der Waals surface area contributed by atoms with Gasteiger partial charge in [0.25, 0.3) is 5.91 Å². The number of H-pyrrole nitrogens is 1. The molecule has 7 nitrogen and oxygen atoms in total. The predicted octanol–water partition coefficient (Wildman–Crippen LogP) is 4.37. The zero-order valence-corrected chi connectivity index (χ0v) is 16.1. The van der Waals surface area contributed by atoms with Crippen molar-refractivity contribution >= 4 is 34.7 Å². The molecule has 0 radical (unpaired) electrons. The largest absolute Gasteiger partial charge is 0.478 e. The normalized spacial score (nSPS) is 11.4. The molecule has 2 heterocycles. The highest BCUT2D eigenvalue weighted by atomic mass is 16.4. The van der Waals surface area contributed by atoms with Crippen molar-refractivity contribution in [3.8, 4) is 11.3 Å². The van der Waals surface area contributed by atoms with Crippen molar-refractivity contribution in [2.24, 2.45) is 0 Å². The SMILES string of the molecule is C/C(=C\c1ccccc1)C(=O)Nc1cccc(-c2ncnc3[nH]cc(C(=O)O)c23)c1. The highest BCUT2D eigenvalue weighted by Gasteiger charge is 2.17. The molecule has 0 saturated heterocycles. The van der Waals surface area contributed by atoms with Crippen molar-refractivity contribution in [1.82, 2.24) is 15.0 Å². The number of carbonyl (C=O) groups excluding carboxylic acids is 1. The van der Waals surface area contributed by atoms with Gasteiger partial charge in [-0.15, -0.1) is 0 Å². The number of anilines is 1. The summed E-state index contributed by atoms with van der Waals surface area (Å²) in [4.78, 5) is 35.4. The smallest absolute Gasteiger partial charge is 0.338 e. The zero-order valence-electron chi connectivity index (χ0n) is 16.1. The van der Waals surface area contributed by atoms with Crippen LogP contribution in [0.1, 0.15) is 22.8 Å². The molecule has 0 atom stereocenters. The third kappa shape index (κ3) is 3.81. The van der Waals surface area contributed by atoms with Crippen molar-refractivity contribution < 1.29 is 14.7 Å². The van der Waals surface area contributed by atoms with Crippen LogP contribution in [0.25, 0.3) is 28.4 Å². The van der Waals surface area contributed by atoms with Gasteiger partial charge in [-0.05, 0) is 30.7 Å². The number of nitrogens with one attached hydrogen (secondary N) is 2. The summed E-state index contributed by atoms with van der Waals surface area (Å²) in [7, 11) is 0. The quantitative estimate of drug-likeness (QED) is 0.433. The molecule has 0 aliphatic heterocycles. The molecule has 148 valence electrons. The maximum Gasteiger partial charge on any atom is 0.338 e. The number of fused-ring (bicyclic) bond motifs is 1. The third-order valence-electron chi connectivity index (χ3n) is 4.64. The molecule has 0 fully saturated rings. The number of hydrogen-bond acceptors (Lipinski definition) is 4. The van der Waals surface area contributed by atoms with Crippen LogP contribution >= 0.6 is 0 Å². The van der Waals surface area contributed by atoms with Gasteiger partial charge in [0.1, 0.15) is 12.0 Å². The van der Waals surface area contributed by atoms with E-state index in [1.807, 2.05) is 42.5 Å². The van der Waals surface area contributed by atoms with E-state index in [2.05, 4.69) is 20.3 Å².